The number of hydrogen-bond acceptors (Lipinski definition) is 4. The van der Waals surface area contributed by atoms with Crippen molar-refractivity contribution in [3.8, 4) is 0 Å². The van der Waals surface area contributed by atoms with E-state index in [4.69, 9.17) is 16.7 Å². The number of hydrogen-bond donors (Lipinski definition) is 2. The molecule has 0 bridgehead atoms. The zero-order valence-corrected chi connectivity index (χ0v) is 14.7. The van der Waals surface area contributed by atoms with Crippen molar-refractivity contribution in [3.63, 3.8) is 0 Å². The van der Waals surface area contributed by atoms with Gasteiger partial charge in [-0.05, 0) is 45.4 Å². The summed E-state index contributed by atoms with van der Waals surface area (Å²) >= 11 is 5.95. The second-order valence-electron chi connectivity index (χ2n) is 5.74. The molecule has 0 spiro atoms. The van der Waals surface area contributed by atoms with Crippen LogP contribution in [0.5, 0.6) is 0 Å². The van der Waals surface area contributed by atoms with Crippen LogP contribution in [-0.4, -0.2) is 47.6 Å². The molecule has 0 heterocycles. The van der Waals surface area contributed by atoms with Crippen LogP contribution in [0.2, 0.25) is 5.02 Å². The zero-order valence-electron chi connectivity index (χ0n) is 13.1. The third kappa shape index (κ3) is 3.60. The molecule has 22 heavy (non-hydrogen) atoms. The van der Waals surface area contributed by atoms with Gasteiger partial charge in [-0.3, -0.25) is 0 Å². The van der Waals surface area contributed by atoms with Gasteiger partial charge >= 0.3 is 5.97 Å². The van der Waals surface area contributed by atoms with Crippen LogP contribution in [0.25, 0.3) is 0 Å². The summed E-state index contributed by atoms with van der Waals surface area (Å²) in [5.41, 5.74) is -1.20. The third-order valence-electron chi connectivity index (χ3n) is 3.77. The molecule has 1 atom stereocenters. The summed E-state index contributed by atoms with van der Waals surface area (Å²) in [6, 6.07) is 1.56. The number of halogens is 1. The minimum atomic E-state index is -4.00. The maximum absolute atomic E-state index is 12.7. The summed E-state index contributed by atoms with van der Waals surface area (Å²) in [4.78, 5) is 10.9. The molecule has 0 aromatic heterocycles. The summed E-state index contributed by atoms with van der Waals surface area (Å²) in [6.45, 7) is 6.06. The molecule has 1 rings (SSSR count). The van der Waals surface area contributed by atoms with E-state index < -0.39 is 27.6 Å². The predicted molar refractivity (Wildman–Crippen MR) is 83.9 cm³/mol. The van der Waals surface area contributed by atoms with E-state index in [-0.39, 0.29) is 21.0 Å². The summed E-state index contributed by atoms with van der Waals surface area (Å²) in [5, 5.41) is 19.1. The van der Waals surface area contributed by atoms with Crippen molar-refractivity contribution in [2.24, 2.45) is 0 Å². The minimum Gasteiger partial charge on any atom is -0.478 e. The van der Waals surface area contributed by atoms with Crippen molar-refractivity contribution in [2.75, 3.05) is 7.05 Å². The molecule has 0 amide bonds. The first-order valence-corrected chi connectivity index (χ1v) is 8.35. The molecular weight excluding hydrogens is 330 g/mol. The maximum Gasteiger partial charge on any atom is 0.335 e. The van der Waals surface area contributed by atoms with E-state index in [2.05, 4.69) is 0 Å². The molecule has 0 saturated carbocycles. The molecule has 8 heteroatoms. The number of likely N-dealkylation sites (N-methyl/N-ethyl adjacent to an activating group) is 1. The fourth-order valence-corrected chi connectivity index (χ4v) is 3.89. The number of carbonyl (C=O) groups is 1. The quantitative estimate of drug-likeness (QED) is 0.849. The first-order valence-electron chi connectivity index (χ1n) is 6.54. The molecule has 1 unspecified atom stereocenters. The number of aliphatic hydroxyl groups is 1. The highest BCUT2D eigenvalue weighted by atomic mass is 35.5. The Balaban J connectivity index is 3.49. The van der Waals surface area contributed by atoms with Crippen molar-refractivity contribution in [1.82, 2.24) is 4.31 Å². The summed E-state index contributed by atoms with van der Waals surface area (Å²) < 4.78 is 26.5. The molecule has 0 aliphatic heterocycles. The Hall–Kier alpha value is -1.15. The number of benzene rings is 1. The van der Waals surface area contributed by atoms with Crippen LogP contribution >= 0.6 is 11.6 Å². The molecule has 0 aliphatic rings. The van der Waals surface area contributed by atoms with Crippen LogP contribution in [0.15, 0.2) is 17.0 Å². The molecule has 0 fully saturated rings. The Bertz CT molecular complexity index is 694. The smallest absolute Gasteiger partial charge is 0.335 e. The van der Waals surface area contributed by atoms with E-state index in [0.717, 1.165) is 10.4 Å². The lowest BCUT2D eigenvalue weighted by molar-refractivity contribution is 0.0224. The molecule has 6 nitrogen and oxygen atoms in total. The van der Waals surface area contributed by atoms with Gasteiger partial charge in [0.1, 0.15) is 0 Å². The molecule has 124 valence electrons. The molecule has 1 aromatic rings. The van der Waals surface area contributed by atoms with E-state index in [1.807, 2.05) is 0 Å². The van der Waals surface area contributed by atoms with Crippen molar-refractivity contribution in [1.29, 1.82) is 0 Å². The maximum atomic E-state index is 12.7. The predicted octanol–water partition coefficient (Wildman–Crippen LogP) is 2.13. The van der Waals surface area contributed by atoms with Gasteiger partial charge in [-0.1, -0.05) is 11.6 Å². The Kier molecular flexibility index (Phi) is 5.29. The Labute approximate surface area is 135 Å². The van der Waals surface area contributed by atoms with Crippen molar-refractivity contribution < 1.29 is 23.4 Å². The first-order chi connectivity index (χ1) is 9.80. The summed E-state index contributed by atoms with van der Waals surface area (Å²) in [7, 11) is -2.67. The lowest BCUT2D eigenvalue weighted by atomic mass is 10.0. The van der Waals surface area contributed by atoms with Gasteiger partial charge in [-0.15, -0.1) is 0 Å². The molecule has 0 saturated heterocycles. The van der Waals surface area contributed by atoms with Crippen LogP contribution in [0.4, 0.5) is 0 Å². The lowest BCUT2D eigenvalue weighted by Crippen LogP contribution is -2.48. The van der Waals surface area contributed by atoms with Crippen LogP contribution in [-0.2, 0) is 10.0 Å². The highest BCUT2D eigenvalue weighted by molar-refractivity contribution is 7.89. The normalized spacial score (nSPS) is 14.2. The zero-order chi connectivity index (χ0) is 17.5. The van der Waals surface area contributed by atoms with Gasteiger partial charge in [-0.2, -0.15) is 4.31 Å². The highest BCUT2D eigenvalue weighted by Crippen LogP contribution is 2.29. The molecule has 0 aliphatic carbocycles. The van der Waals surface area contributed by atoms with E-state index in [1.165, 1.54) is 33.9 Å². The standard InChI is InChI=1S/C14H20ClNO5S/c1-8-11(15)6-10(13(17)18)7-12(8)22(20,21)16(5)9(2)14(3,4)19/h6-7,9,19H,1-5H3,(H,17,18). The molecular formula is C14H20ClNO5S. The summed E-state index contributed by atoms with van der Waals surface area (Å²) in [6.07, 6.45) is 0. The van der Waals surface area contributed by atoms with Gasteiger partial charge < -0.3 is 10.2 Å². The molecule has 1 aromatic carbocycles. The average molecular weight is 350 g/mol. The van der Waals surface area contributed by atoms with Gasteiger partial charge in [0.15, 0.2) is 0 Å². The van der Waals surface area contributed by atoms with Gasteiger partial charge in [0.25, 0.3) is 0 Å². The summed E-state index contributed by atoms with van der Waals surface area (Å²) in [5.74, 6) is -1.27. The van der Waals surface area contributed by atoms with Crippen molar-refractivity contribution >= 4 is 27.6 Å². The second-order valence-corrected chi connectivity index (χ2v) is 8.11. The van der Waals surface area contributed by atoms with Crippen LogP contribution in [0.3, 0.4) is 0 Å². The van der Waals surface area contributed by atoms with Crippen molar-refractivity contribution in [2.45, 2.75) is 44.2 Å². The number of carboxylic acid groups (broad SMARTS) is 1. The Morgan fingerprint density at radius 3 is 2.27 bits per heavy atom. The second kappa shape index (κ2) is 6.16. The van der Waals surface area contributed by atoms with Crippen LogP contribution in [0.1, 0.15) is 36.7 Å². The molecule has 2 N–H and O–H groups in total. The van der Waals surface area contributed by atoms with Gasteiger partial charge in [0.2, 0.25) is 10.0 Å². The SMILES string of the molecule is Cc1c(Cl)cc(C(=O)O)cc1S(=O)(=O)N(C)C(C)C(C)(C)O. The van der Waals surface area contributed by atoms with E-state index in [9.17, 15) is 18.3 Å². The van der Waals surface area contributed by atoms with Gasteiger partial charge in [0, 0.05) is 12.1 Å². The van der Waals surface area contributed by atoms with Crippen molar-refractivity contribution in [3.05, 3.63) is 28.3 Å². The van der Waals surface area contributed by atoms with Gasteiger partial charge in [-0.25, -0.2) is 13.2 Å². The molecule has 0 radical (unpaired) electrons. The van der Waals surface area contributed by atoms with E-state index in [0.29, 0.717) is 0 Å². The monoisotopic (exact) mass is 349 g/mol. The number of carboxylic acids is 1. The largest absolute Gasteiger partial charge is 0.478 e. The van der Waals surface area contributed by atoms with E-state index in [1.54, 1.807) is 6.92 Å². The fraction of sp³-hybridized carbons (Fsp3) is 0.500. The topological polar surface area (TPSA) is 94.9 Å². The highest BCUT2D eigenvalue weighted by Gasteiger charge is 2.35. The number of rotatable bonds is 5. The minimum absolute atomic E-state index is 0.0581. The van der Waals surface area contributed by atoms with Gasteiger partial charge in [0.05, 0.1) is 22.1 Å². The first kappa shape index (κ1) is 18.9. The third-order valence-corrected chi connectivity index (χ3v) is 6.22. The average Bonchev–Trinajstić information content (AvgIpc) is 2.38. The van der Waals surface area contributed by atoms with Crippen LogP contribution < -0.4 is 0 Å². The lowest BCUT2D eigenvalue weighted by Gasteiger charge is -2.33. The number of sulfonamides is 1. The number of aromatic carboxylic acids is 1. The van der Waals surface area contributed by atoms with Crippen LogP contribution in [0, 0.1) is 6.92 Å². The Morgan fingerprint density at radius 2 is 1.86 bits per heavy atom. The number of nitrogens with zero attached hydrogens (tertiary/aromatic N) is 1. The fourth-order valence-electron chi connectivity index (χ4n) is 1.85. The Morgan fingerprint density at radius 1 is 1.36 bits per heavy atom. The van der Waals surface area contributed by atoms with E-state index >= 15 is 0 Å².